The Bertz CT molecular complexity index is 385. The number of carbonyl (C=O) groups is 1. The van der Waals surface area contributed by atoms with E-state index in [9.17, 15) is 4.79 Å². The standard InChI is InChI=1S/C12H20N4O/c1-8-4-9(6-12(2,3)5-8)15-11(17)10-13-7-14-16-10/h7-9H,4-6H2,1-3H3,(H,15,17)(H,13,14,16)/t8-,9-/m1/s1. The summed E-state index contributed by atoms with van der Waals surface area (Å²) < 4.78 is 0. The smallest absolute Gasteiger partial charge is 0.288 e. The van der Waals surface area contributed by atoms with Crippen molar-refractivity contribution in [2.45, 2.75) is 46.1 Å². The molecular weight excluding hydrogens is 216 g/mol. The van der Waals surface area contributed by atoms with Gasteiger partial charge in [-0.1, -0.05) is 20.8 Å². The first-order valence-electron chi connectivity index (χ1n) is 6.12. The minimum atomic E-state index is -0.155. The predicted octanol–water partition coefficient (Wildman–Crippen LogP) is 1.75. The van der Waals surface area contributed by atoms with Crippen molar-refractivity contribution < 1.29 is 4.79 Å². The molecule has 1 aromatic heterocycles. The minimum absolute atomic E-state index is 0.155. The van der Waals surface area contributed by atoms with Crippen molar-refractivity contribution in [3.63, 3.8) is 0 Å². The monoisotopic (exact) mass is 236 g/mol. The van der Waals surface area contributed by atoms with Crippen LogP contribution in [0.2, 0.25) is 0 Å². The van der Waals surface area contributed by atoms with E-state index in [2.05, 4.69) is 41.3 Å². The molecule has 0 bridgehead atoms. The van der Waals surface area contributed by atoms with Crippen molar-refractivity contribution in [1.29, 1.82) is 0 Å². The first-order chi connectivity index (χ1) is 7.96. The molecule has 0 unspecified atom stereocenters. The molecule has 2 atom stereocenters. The lowest BCUT2D eigenvalue weighted by atomic mass is 9.70. The van der Waals surface area contributed by atoms with Gasteiger partial charge in [-0.15, -0.1) is 0 Å². The molecule has 0 radical (unpaired) electrons. The van der Waals surface area contributed by atoms with Gasteiger partial charge in [0, 0.05) is 6.04 Å². The van der Waals surface area contributed by atoms with Crippen molar-refractivity contribution >= 4 is 5.91 Å². The Morgan fingerprint density at radius 1 is 1.53 bits per heavy atom. The summed E-state index contributed by atoms with van der Waals surface area (Å²) >= 11 is 0. The van der Waals surface area contributed by atoms with Crippen molar-refractivity contribution in [2.24, 2.45) is 11.3 Å². The predicted molar refractivity (Wildman–Crippen MR) is 64.4 cm³/mol. The maximum absolute atomic E-state index is 11.8. The van der Waals surface area contributed by atoms with Gasteiger partial charge in [0.05, 0.1) is 0 Å². The zero-order valence-electron chi connectivity index (χ0n) is 10.7. The molecule has 5 heteroatoms. The fourth-order valence-electron chi connectivity index (χ4n) is 3.02. The van der Waals surface area contributed by atoms with Crippen LogP contribution >= 0.6 is 0 Å². The molecule has 17 heavy (non-hydrogen) atoms. The molecule has 0 aromatic carbocycles. The molecule has 1 aromatic rings. The molecule has 0 aliphatic heterocycles. The third-order valence-corrected chi connectivity index (χ3v) is 3.35. The molecule has 1 saturated carbocycles. The van der Waals surface area contributed by atoms with Crippen LogP contribution in [0, 0.1) is 11.3 Å². The van der Waals surface area contributed by atoms with Gasteiger partial charge in [0.2, 0.25) is 5.82 Å². The van der Waals surface area contributed by atoms with Gasteiger partial charge in [0.25, 0.3) is 5.91 Å². The number of aromatic nitrogens is 3. The quantitative estimate of drug-likeness (QED) is 0.821. The van der Waals surface area contributed by atoms with Gasteiger partial charge < -0.3 is 5.32 Å². The Morgan fingerprint density at radius 2 is 2.29 bits per heavy atom. The van der Waals surface area contributed by atoms with Gasteiger partial charge >= 0.3 is 0 Å². The van der Waals surface area contributed by atoms with Crippen molar-refractivity contribution in [3.8, 4) is 0 Å². The highest BCUT2D eigenvalue weighted by atomic mass is 16.2. The van der Waals surface area contributed by atoms with E-state index < -0.39 is 0 Å². The average Bonchev–Trinajstić information content (AvgIpc) is 2.65. The molecule has 1 aliphatic carbocycles. The van der Waals surface area contributed by atoms with Gasteiger partial charge in [-0.2, -0.15) is 5.10 Å². The normalized spacial score (nSPS) is 27.7. The summed E-state index contributed by atoms with van der Waals surface area (Å²) in [6, 6.07) is 0.242. The van der Waals surface area contributed by atoms with E-state index in [-0.39, 0.29) is 11.9 Å². The van der Waals surface area contributed by atoms with Gasteiger partial charge in [0.1, 0.15) is 6.33 Å². The fourth-order valence-corrected chi connectivity index (χ4v) is 3.02. The Morgan fingerprint density at radius 3 is 2.88 bits per heavy atom. The number of H-pyrrole nitrogens is 1. The highest BCUT2D eigenvalue weighted by Crippen LogP contribution is 2.38. The van der Waals surface area contributed by atoms with Gasteiger partial charge in [-0.05, 0) is 30.6 Å². The van der Waals surface area contributed by atoms with Crippen LogP contribution in [0.1, 0.15) is 50.7 Å². The zero-order chi connectivity index (χ0) is 12.5. The lowest BCUT2D eigenvalue weighted by Gasteiger charge is -2.39. The summed E-state index contributed by atoms with van der Waals surface area (Å²) in [5.41, 5.74) is 0.303. The number of nitrogens with one attached hydrogen (secondary N) is 2. The van der Waals surface area contributed by atoms with Crippen LogP contribution in [0.4, 0.5) is 0 Å². The van der Waals surface area contributed by atoms with Crippen LogP contribution in [0.25, 0.3) is 0 Å². The van der Waals surface area contributed by atoms with Crippen molar-refractivity contribution in [2.75, 3.05) is 0 Å². The van der Waals surface area contributed by atoms with Gasteiger partial charge in [-0.3, -0.25) is 9.89 Å². The molecule has 1 aliphatic rings. The lowest BCUT2D eigenvalue weighted by Crippen LogP contribution is -2.43. The summed E-state index contributed by atoms with van der Waals surface area (Å²) in [4.78, 5) is 15.7. The third-order valence-electron chi connectivity index (χ3n) is 3.35. The number of rotatable bonds is 2. The molecule has 1 fully saturated rings. The second-order valence-electron chi connectivity index (χ2n) is 5.92. The van der Waals surface area contributed by atoms with Gasteiger partial charge in [0.15, 0.2) is 0 Å². The molecule has 5 nitrogen and oxygen atoms in total. The highest BCUT2D eigenvalue weighted by molar-refractivity contribution is 5.90. The molecule has 2 rings (SSSR count). The van der Waals surface area contributed by atoms with E-state index in [1.54, 1.807) is 0 Å². The summed E-state index contributed by atoms with van der Waals surface area (Å²) in [6.45, 7) is 6.76. The van der Waals surface area contributed by atoms with Crippen LogP contribution in [0.15, 0.2) is 6.33 Å². The van der Waals surface area contributed by atoms with E-state index >= 15 is 0 Å². The van der Waals surface area contributed by atoms with E-state index in [4.69, 9.17) is 0 Å². The summed E-state index contributed by atoms with van der Waals surface area (Å²) in [5, 5.41) is 9.30. The summed E-state index contributed by atoms with van der Waals surface area (Å²) in [5.74, 6) is 0.789. The fraction of sp³-hybridized carbons (Fsp3) is 0.750. The SMILES string of the molecule is C[C@@H]1C[C@@H](NC(=O)c2ncn[nH]2)CC(C)(C)C1. The Kier molecular flexibility index (Phi) is 3.17. The van der Waals surface area contributed by atoms with E-state index in [1.807, 2.05) is 0 Å². The molecule has 1 amide bonds. The van der Waals surface area contributed by atoms with Gasteiger partial charge in [-0.25, -0.2) is 4.98 Å². The second kappa shape index (κ2) is 4.47. The van der Waals surface area contributed by atoms with Crippen molar-refractivity contribution in [1.82, 2.24) is 20.5 Å². The maximum Gasteiger partial charge on any atom is 0.288 e. The average molecular weight is 236 g/mol. The minimum Gasteiger partial charge on any atom is -0.347 e. The first kappa shape index (κ1) is 12.1. The number of hydrogen-bond acceptors (Lipinski definition) is 3. The maximum atomic E-state index is 11.8. The molecule has 94 valence electrons. The van der Waals surface area contributed by atoms with Crippen LogP contribution in [-0.4, -0.2) is 27.1 Å². The summed E-state index contributed by atoms with van der Waals surface area (Å²) in [7, 11) is 0. The number of aromatic amines is 1. The van der Waals surface area contributed by atoms with E-state index in [0.29, 0.717) is 17.2 Å². The number of nitrogens with zero attached hydrogens (tertiary/aromatic N) is 2. The van der Waals surface area contributed by atoms with E-state index in [0.717, 1.165) is 12.8 Å². The van der Waals surface area contributed by atoms with Crippen LogP contribution in [0.3, 0.4) is 0 Å². The molecule has 2 N–H and O–H groups in total. The number of carbonyl (C=O) groups excluding carboxylic acids is 1. The second-order valence-corrected chi connectivity index (χ2v) is 5.92. The third kappa shape index (κ3) is 3.05. The lowest BCUT2D eigenvalue weighted by molar-refractivity contribution is 0.0864. The molecule has 0 spiro atoms. The Hall–Kier alpha value is -1.39. The Balaban J connectivity index is 1.97. The molecule has 0 saturated heterocycles. The largest absolute Gasteiger partial charge is 0.347 e. The highest BCUT2D eigenvalue weighted by Gasteiger charge is 2.33. The van der Waals surface area contributed by atoms with Crippen LogP contribution in [0.5, 0.6) is 0 Å². The molecule has 1 heterocycles. The summed E-state index contributed by atoms with van der Waals surface area (Å²) in [6.07, 6.45) is 4.64. The van der Waals surface area contributed by atoms with Crippen molar-refractivity contribution in [3.05, 3.63) is 12.2 Å². The molecular formula is C12H20N4O. The topological polar surface area (TPSA) is 70.7 Å². The zero-order valence-corrected chi connectivity index (χ0v) is 10.7. The number of amides is 1. The van der Waals surface area contributed by atoms with Crippen LogP contribution in [-0.2, 0) is 0 Å². The van der Waals surface area contributed by atoms with E-state index in [1.165, 1.54) is 12.7 Å². The Labute approximate surface area is 101 Å². The number of hydrogen-bond donors (Lipinski definition) is 2. The van der Waals surface area contributed by atoms with Crippen LogP contribution < -0.4 is 5.32 Å². The first-order valence-corrected chi connectivity index (χ1v) is 6.12.